The van der Waals surface area contributed by atoms with Gasteiger partial charge in [-0.25, -0.2) is 0 Å². The second-order valence-electron chi connectivity index (χ2n) is 3.02. The monoisotopic (exact) mass is 229 g/mol. The number of rotatable bonds is 4. The van der Waals surface area contributed by atoms with Gasteiger partial charge < -0.3 is 20.3 Å². The molecule has 0 saturated heterocycles. The number of carboxylic acid groups (broad SMARTS) is 1. The van der Waals surface area contributed by atoms with Crippen molar-refractivity contribution >= 4 is 5.97 Å². The van der Waals surface area contributed by atoms with Gasteiger partial charge in [0.25, 0.3) is 0 Å². The molecule has 0 bridgehead atoms. The Morgan fingerprint density at radius 1 is 1.44 bits per heavy atom. The first-order valence-electron chi connectivity index (χ1n) is 4.41. The first-order chi connectivity index (χ1) is 7.52. The largest absolute Gasteiger partial charge is 0.494 e. The minimum atomic E-state index is -1.34. The molecule has 0 aliphatic heterocycles. The van der Waals surface area contributed by atoms with E-state index in [0.29, 0.717) is 0 Å². The summed E-state index contributed by atoms with van der Waals surface area (Å²) in [6.07, 6.45) is 0. The molecule has 88 valence electrons. The van der Waals surface area contributed by atoms with Crippen molar-refractivity contribution in [2.45, 2.75) is 6.04 Å². The van der Waals surface area contributed by atoms with Gasteiger partial charge >= 0.3 is 5.97 Å². The zero-order valence-electron chi connectivity index (χ0n) is 8.86. The molecule has 1 atom stereocenters. The smallest absolute Gasteiger partial charge is 0.325 e. The van der Waals surface area contributed by atoms with Gasteiger partial charge in [0.2, 0.25) is 5.82 Å². The van der Waals surface area contributed by atoms with Gasteiger partial charge in [0, 0.05) is 5.56 Å². The second kappa shape index (κ2) is 4.80. The van der Waals surface area contributed by atoms with Crippen LogP contribution in [0.25, 0.3) is 0 Å². The van der Waals surface area contributed by atoms with Crippen LogP contribution >= 0.6 is 0 Å². The van der Waals surface area contributed by atoms with E-state index in [4.69, 9.17) is 20.3 Å². The highest BCUT2D eigenvalue weighted by molar-refractivity contribution is 5.76. The van der Waals surface area contributed by atoms with E-state index < -0.39 is 17.8 Å². The summed E-state index contributed by atoms with van der Waals surface area (Å²) in [4.78, 5) is 10.7. The fraction of sp³-hybridized carbons (Fsp3) is 0.300. The summed E-state index contributed by atoms with van der Waals surface area (Å²) in [5.41, 5.74) is 5.45. The fourth-order valence-corrected chi connectivity index (χ4v) is 1.30. The van der Waals surface area contributed by atoms with Crippen LogP contribution in [0.4, 0.5) is 4.39 Å². The lowest BCUT2D eigenvalue weighted by atomic mass is 10.1. The lowest BCUT2D eigenvalue weighted by Gasteiger charge is -2.14. The van der Waals surface area contributed by atoms with Gasteiger partial charge in [-0.15, -0.1) is 0 Å². The van der Waals surface area contributed by atoms with Gasteiger partial charge in [-0.1, -0.05) is 0 Å². The number of hydrogen-bond acceptors (Lipinski definition) is 4. The molecule has 0 saturated carbocycles. The van der Waals surface area contributed by atoms with Gasteiger partial charge in [0.1, 0.15) is 6.04 Å². The summed E-state index contributed by atoms with van der Waals surface area (Å²) in [5.74, 6) is -2.27. The van der Waals surface area contributed by atoms with E-state index in [0.717, 1.165) is 0 Å². The van der Waals surface area contributed by atoms with Gasteiger partial charge in [-0.2, -0.15) is 4.39 Å². The molecule has 6 heteroatoms. The number of nitrogens with two attached hydrogens (primary N) is 1. The van der Waals surface area contributed by atoms with Crippen molar-refractivity contribution in [1.29, 1.82) is 0 Å². The number of halogens is 1. The Morgan fingerprint density at radius 2 is 2.06 bits per heavy atom. The zero-order valence-corrected chi connectivity index (χ0v) is 8.86. The molecule has 0 spiro atoms. The van der Waals surface area contributed by atoms with Crippen LogP contribution in [-0.2, 0) is 4.79 Å². The van der Waals surface area contributed by atoms with E-state index in [1.807, 2.05) is 0 Å². The number of hydrogen-bond donors (Lipinski definition) is 2. The van der Waals surface area contributed by atoms with Gasteiger partial charge in [-0.3, -0.25) is 4.79 Å². The molecule has 0 amide bonds. The summed E-state index contributed by atoms with van der Waals surface area (Å²) in [5, 5.41) is 8.74. The van der Waals surface area contributed by atoms with E-state index in [1.54, 1.807) is 0 Å². The van der Waals surface area contributed by atoms with Crippen LogP contribution in [0.1, 0.15) is 11.6 Å². The van der Waals surface area contributed by atoms with Crippen molar-refractivity contribution in [3.63, 3.8) is 0 Å². The highest BCUT2D eigenvalue weighted by atomic mass is 19.1. The van der Waals surface area contributed by atoms with Gasteiger partial charge in [-0.05, 0) is 12.1 Å². The summed E-state index contributed by atoms with van der Waals surface area (Å²) in [6, 6.07) is 1.32. The van der Waals surface area contributed by atoms with Crippen molar-refractivity contribution < 1.29 is 23.8 Å². The maximum Gasteiger partial charge on any atom is 0.325 e. The number of methoxy groups -OCH3 is 2. The summed E-state index contributed by atoms with van der Waals surface area (Å²) in [6.45, 7) is 0. The Labute approximate surface area is 91.6 Å². The molecule has 0 aliphatic rings. The van der Waals surface area contributed by atoms with E-state index in [1.165, 1.54) is 26.4 Å². The third-order valence-corrected chi connectivity index (χ3v) is 2.12. The lowest BCUT2D eigenvalue weighted by molar-refractivity contribution is -0.138. The number of aliphatic carboxylic acids is 1. The molecule has 0 heterocycles. The maximum atomic E-state index is 13.7. The Bertz CT molecular complexity index is 408. The molecule has 3 N–H and O–H groups in total. The predicted molar refractivity (Wildman–Crippen MR) is 54.1 cm³/mol. The quantitative estimate of drug-likeness (QED) is 0.802. The first kappa shape index (κ1) is 12.3. The Kier molecular flexibility index (Phi) is 3.68. The topological polar surface area (TPSA) is 81.8 Å². The molecule has 0 fully saturated rings. The van der Waals surface area contributed by atoms with Crippen LogP contribution in [0.2, 0.25) is 0 Å². The van der Waals surface area contributed by atoms with E-state index in [-0.39, 0.29) is 17.1 Å². The van der Waals surface area contributed by atoms with Crippen molar-refractivity contribution in [2.24, 2.45) is 5.73 Å². The minimum Gasteiger partial charge on any atom is -0.494 e. The molecule has 0 radical (unpaired) electrons. The molecule has 16 heavy (non-hydrogen) atoms. The Hall–Kier alpha value is -1.82. The number of carbonyl (C=O) groups is 1. The minimum absolute atomic E-state index is 0.0295. The standard InChI is InChI=1S/C10H12FNO4/c1-15-6-4-3-5(8(12)10(13)14)9(16-2)7(6)11/h3-4,8H,12H2,1-2H3,(H,13,14). The molecule has 0 aliphatic carbocycles. The SMILES string of the molecule is COc1ccc(C(N)C(=O)O)c(OC)c1F. The van der Waals surface area contributed by atoms with Crippen molar-refractivity contribution in [2.75, 3.05) is 14.2 Å². The van der Waals surface area contributed by atoms with Crippen LogP contribution in [0.5, 0.6) is 11.5 Å². The normalized spacial score (nSPS) is 12.0. The number of benzene rings is 1. The van der Waals surface area contributed by atoms with Crippen molar-refractivity contribution in [3.05, 3.63) is 23.5 Å². The van der Waals surface area contributed by atoms with E-state index in [9.17, 15) is 9.18 Å². The highest BCUT2D eigenvalue weighted by Gasteiger charge is 2.23. The molecule has 1 rings (SSSR count). The first-order valence-corrected chi connectivity index (χ1v) is 4.41. The molecule has 1 unspecified atom stereocenters. The van der Waals surface area contributed by atoms with Gasteiger partial charge in [0.05, 0.1) is 14.2 Å². The Morgan fingerprint density at radius 3 is 2.50 bits per heavy atom. The average molecular weight is 229 g/mol. The second-order valence-corrected chi connectivity index (χ2v) is 3.02. The molecule has 1 aromatic rings. The van der Waals surface area contributed by atoms with Crippen LogP contribution in [-0.4, -0.2) is 25.3 Å². The molecular weight excluding hydrogens is 217 g/mol. The molecular formula is C10H12FNO4. The predicted octanol–water partition coefficient (Wildman–Crippen LogP) is 0.927. The summed E-state index contributed by atoms with van der Waals surface area (Å²) in [7, 11) is 2.53. The van der Waals surface area contributed by atoms with Crippen molar-refractivity contribution in [3.8, 4) is 11.5 Å². The molecule has 1 aromatic carbocycles. The third-order valence-electron chi connectivity index (χ3n) is 2.12. The van der Waals surface area contributed by atoms with Crippen LogP contribution in [0.15, 0.2) is 12.1 Å². The van der Waals surface area contributed by atoms with Gasteiger partial charge in [0.15, 0.2) is 11.5 Å². The third kappa shape index (κ3) is 2.06. The zero-order chi connectivity index (χ0) is 12.3. The van der Waals surface area contributed by atoms with Crippen LogP contribution in [0.3, 0.4) is 0 Å². The average Bonchev–Trinajstić information content (AvgIpc) is 2.27. The fourth-order valence-electron chi connectivity index (χ4n) is 1.30. The molecule has 0 aromatic heterocycles. The lowest BCUT2D eigenvalue weighted by Crippen LogP contribution is -2.21. The van der Waals surface area contributed by atoms with E-state index in [2.05, 4.69) is 0 Å². The van der Waals surface area contributed by atoms with Crippen LogP contribution < -0.4 is 15.2 Å². The maximum absolute atomic E-state index is 13.7. The summed E-state index contributed by atoms with van der Waals surface area (Å²) >= 11 is 0. The summed E-state index contributed by atoms with van der Waals surface area (Å²) < 4.78 is 23.2. The Balaban J connectivity index is 3.31. The van der Waals surface area contributed by atoms with Crippen LogP contribution in [0, 0.1) is 5.82 Å². The molecule has 5 nitrogen and oxygen atoms in total. The number of ether oxygens (including phenoxy) is 2. The highest BCUT2D eigenvalue weighted by Crippen LogP contribution is 2.33. The van der Waals surface area contributed by atoms with E-state index >= 15 is 0 Å². The van der Waals surface area contributed by atoms with Crippen molar-refractivity contribution in [1.82, 2.24) is 0 Å². The number of carboxylic acids is 1.